The van der Waals surface area contributed by atoms with Crippen LogP contribution in [0.4, 0.5) is 0 Å². The number of carboxylic acids is 1. The molecule has 0 unspecified atom stereocenters. The lowest BCUT2D eigenvalue weighted by Gasteiger charge is -1.99. The first-order valence-electron chi connectivity index (χ1n) is 5.91. The highest BCUT2D eigenvalue weighted by Gasteiger charge is 2.11. The summed E-state index contributed by atoms with van der Waals surface area (Å²) in [4.78, 5) is 21.6. The fraction of sp³-hybridized carbons (Fsp3) is 0.214. The van der Waals surface area contributed by atoms with Crippen LogP contribution in [0.15, 0.2) is 30.5 Å². The Bertz CT molecular complexity index is 600. The molecule has 5 nitrogen and oxygen atoms in total. The minimum Gasteiger partial charge on any atom is -0.481 e. The molecule has 0 saturated carbocycles. The molecule has 0 amide bonds. The summed E-state index contributed by atoms with van der Waals surface area (Å²) >= 11 is 0. The van der Waals surface area contributed by atoms with Crippen LogP contribution < -0.4 is 0 Å². The Labute approximate surface area is 110 Å². The number of carbonyl (C=O) groups is 2. The summed E-state index contributed by atoms with van der Waals surface area (Å²) in [5, 5.41) is 12.9. The molecule has 2 rings (SSSR count). The largest absolute Gasteiger partial charge is 0.481 e. The quantitative estimate of drug-likeness (QED) is 0.834. The Kier molecular flexibility index (Phi) is 3.75. The van der Waals surface area contributed by atoms with Crippen LogP contribution in [-0.4, -0.2) is 27.1 Å². The van der Waals surface area contributed by atoms with Crippen molar-refractivity contribution in [3.05, 3.63) is 41.6 Å². The van der Waals surface area contributed by atoms with Gasteiger partial charge < -0.3 is 5.11 Å². The number of aromatic nitrogens is 2. The van der Waals surface area contributed by atoms with Crippen LogP contribution in [-0.2, 0) is 11.3 Å². The van der Waals surface area contributed by atoms with Crippen molar-refractivity contribution in [1.82, 2.24) is 9.78 Å². The summed E-state index contributed by atoms with van der Waals surface area (Å²) in [6.45, 7) is 2.23. The predicted octanol–water partition coefficient (Wildman–Crippen LogP) is 2.15. The zero-order valence-corrected chi connectivity index (χ0v) is 10.5. The van der Waals surface area contributed by atoms with Gasteiger partial charge in [0.05, 0.1) is 18.5 Å². The topological polar surface area (TPSA) is 72.2 Å². The van der Waals surface area contributed by atoms with Crippen molar-refractivity contribution in [1.29, 1.82) is 0 Å². The number of aryl methyl sites for hydroxylation is 2. The van der Waals surface area contributed by atoms with Crippen LogP contribution in [0.5, 0.6) is 0 Å². The van der Waals surface area contributed by atoms with Gasteiger partial charge in [-0.05, 0) is 6.92 Å². The van der Waals surface area contributed by atoms with Crippen molar-refractivity contribution in [2.45, 2.75) is 19.9 Å². The molecule has 1 aromatic carbocycles. The van der Waals surface area contributed by atoms with Gasteiger partial charge in [-0.3, -0.25) is 14.3 Å². The summed E-state index contributed by atoms with van der Waals surface area (Å²) in [6.07, 6.45) is 2.29. The second-order valence-corrected chi connectivity index (χ2v) is 4.32. The second kappa shape index (κ2) is 5.48. The first kappa shape index (κ1) is 13.0. The Balaban J connectivity index is 2.31. The molecule has 0 spiro atoms. The number of rotatable bonds is 5. The first-order valence-corrected chi connectivity index (χ1v) is 5.91. The molecular weight excluding hydrogens is 244 g/mol. The molecule has 1 heterocycles. The summed E-state index contributed by atoms with van der Waals surface area (Å²) < 4.78 is 1.49. The molecule has 0 aliphatic heterocycles. The third kappa shape index (κ3) is 3.07. The second-order valence-electron chi connectivity index (χ2n) is 4.32. The number of carbonyl (C=O) groups excluding carboxylic acids is 1. The minimum absolute atomic E-state index is 0.0205. The molecule has 0 bridgehead atoms. The van der Waals surface area contributed by atoms with Gasteiger partial charge in [0.1, 0.15) is 5.69 Å². The van der Waals surface area contributed by atoms with Crippen LogP contribution in [0.25, 0.3) is 11.3 Å². The van der Waals surface area contributed by atoms with Gasteiger partial charge in [-0.25, -0.2) is 0 Å². The van der Waals surface area contributed by atoms with E-state index in [2.05, 4.69) is 5.10 Å². The van der Waals surface area contributed by atoms with E-state index in [1.54, 1.807) is 6.20 Å². The van der Waals surface area contributed by atoms with Crippen LogP contribution in [0.3, 0.4) is 0 Å². The molecule has 0 saturated heterocycles. The zero-order valence-electron chi connectivity index (χ0n) is 10.5. The molecule has 98 valence electrons. The normalized spacial score (nSPS) is 10.4. The molecule has 5 heteroatoms. The standard InChI is InChI=1S/C14H14N2O3/c1-10-2-4-11(5-3-10)14-12(9-17)8-16(15-14)7-6-13(18)19/h2-5,8-9H,6-7H2,1H3,(H,18,19). The molecule has 0 aliphatic carbocycles. The van der Waals surface area contributed by atoms with Gasteiger partial charge in [0, 0.05) is 11.8 Å². The van der Waals surface area contributed by atoms with E-state index >= 15 is 0 Å². The average Bonchev–Trinajstić information content (AvgIpc) is 2.80. The highest BCUT2D eigenvalue weighted by Crippen LogP contribution is 2.21. The van der Waals surface area contributed by atoms with E-state index < -0.39 is 5.97 Å². The highest BCUT2D eigenvalue weighted by atomic mass is 16.4. The minimum atomic E-state index is -0.889. The van der Waals surface area contributed by atoms with E-state index in [-0.39, 0.29) is 13.0 Å². The summed E-state index contributed by atoms with van der Waals surface area (Å²) in [7, 11) is 0. The number of hydrogen-bond donors (Lipinski definition) is 1. The first-order chi connectivity index (χ1) is 9.10. The van der Waals surface area contributed by atoms with Crippen molar-refractivity contribution in [3.8, 4) is 11.3 Å². The molecule has 2 aromatic rings. The zero-order chi connectivity index (χ0) is 13.8. The van der Waals surface area contributed by atoms with Crippen molar-refractivity contribution in [3.63, 3.8) is 0 Å². The number of nitrogens with zero attached hydrogens (tertiary/aromatic N) is 2. The number of aliphatic carboxylic acids is 1. The van der Waals surface area contributed by atoms with Gasteiger partial charge in [-0.2, -0.15) is 5.10 Å². The van der Waals surface area contributed by atoms with Crippen LogP contribution in [0.2, 0.25) is 0 Å². The maximum Gasteiger partial charge on any atom is 0.305 e. The van der Waals surface area contributed by atoms with E-state index in [1.165, 1.54) is 4.68 Å². The molecule has 19 heavy (non-hydrogen) atoms. The van der Waals surface area contributed by atoms with E-state index in [4.69, 9.17) is 5.11 Å². The Hall–Kier alpha value is -2.43. The van der Waals surface area contributed by atoms with Crippen LogP contribution in [0.1, 0.15) is 22.3 Å². The average molecular weight is 258 g/mol. The van der Waals surface area contributed by atoms with Gasteiger partial charge in [-0.15, -0.1) is 0 Å². The van der Waals surface area contributed by atoms with E-state index in [9.17, 15) is 9.59 Å². The highest BCUT2D eigenvalue weighted by molar-refractivity contribution is 5.85. The Morgan fingerprint density at radius 1 is 1.37 bits per heavy atom. The molecule has 0 aliphatic rings. The van der Waals surface area contributed by atoms with E-state index in [1.807, 2.05) is 31.2 Å². The number of aldehydes is 1. The monoisotopic (exact) mass is 258 g/mol. The van der Waals surface area contributed by atoms with Crippen LogP contribution >= 0.6 is 0 Å². The van der Waals surface area contributed by atoms with Crippen molar-refractivity contribution in [2.24, 2.45) is 0 Å². The summed E-state index contributed by atoms with van der Waals surface area (Å²) in [6, 6.07) is 7.68. The fourth-order valence-corrected chi connectivity index (χ4v) is 1.78. The fourth-order valence-electron chi connectivity index (χ4n) is 1.78. The number of hydrogen-bond acceptors (Lipinski definition) is 3. The molecule has 1 N–H and O–H groups in total. The lowest BCUT2D eigenvalue weighted by Crippen LogP contribution is -2.04. The van der Waals surface area contributed by atoms with Crippen molar-refractivity contribution in [2.75, 3.05) is 0 Å². The van der Waals surface area contributed by atoms with E-state index in [0.29, 0.717) is 11.3 Å². The lowest BCUT2D eigenvalue weighted by molar-refractivity contribution is -0.137. The van der Waals surface area contributed by atoms with Crippen molar-refractivity contribution >= 4 is 12.3 Å². The number of carboxylic acid groups (broad SMARTS) is 1. The van der Waals surface area contributed by atoms with Gasteiger partial charge >= 0.3 is 5.97 Å². The molecule has 0 fully saturated rings. The molecule has 0 radical (unpaired) electrons. The van der Waals surface area contributed by atoms with Gasteiger partial charge in [-0.1, -0.05) is 29.8 Å². The molecular formula is C14H14N2O3. The molecule has 1 aromatic heterocycles. The van der Waals surface area contributed by atoms with E-state index in [0.717, 1.165) is 17.4 Å². The van der Waals surface area contributed by atoms with Gasteiger partial charge in [0.15, 0.2) is 6.29 Å². The summed E-state index contributed by atoms with van der Waals surface area (Å²) in [5.74, 6) is -0.889. The lowest BCUT2D eigenvalue weighted by atomic mass is 10.1. The van der Waals surface area contributed by atoms with Crippen molar-refractivity contribution < 1.29 is 14.7 Å². The maximum atomic E-state index is 11.0. The molecule has 0 atom stereocenters. The third-order valence-electron chi connectivity index (χ3n) is 2.80. The smallest absolute Gasteiger partial charge is 0.305 e. The SMILES string of the molecule is Cc1ccc(-c2nn(CCC(=O)O)cc2C=O)cc1. The summed E-state index contributed by atoms with van der Waals surface area (Å²) in [5.41, 5.74) is 3.03. The Morgan fingerprint density at radius 2 is 2.05 bits per heavy atom. The third-order valence-corrected chi connectivity index (χ3v) is 2.80. The maximum absolute atomic E-state index is 11.0. The Morgan fingerprint density at radius 3 is 2.63 bits per heavy atom. The number of benzene rings is 1. The van der Waals surface area contributed by atoms with Crippen LogP contribution in [0, 0.1) is 6.92 Å². The van der Waals surface area contributed by atoms with Gasteiger partial charge in [0.25, 0.3) is 0 Å². The predicted molar refractivity (Wildman–Crippen MR) is 70.0 cm³/mol. The van der Waals surface area contributed by atoms with Gasteiger partial charge in [0.2, 0.25) is 0 Å².